The second-order valence-electron chi connectivity index (χ2n) is 4.88. The minimum absolute atomic E-state index is 0.413. The maximum Gasteiger partial charge on any atom is 0.177 e. The second-order valence-corrected chi connectivity index (χ2v) is 4.88. The van der Waals surface area contributed by atoms with Crippen LogP contribution in [0.5, 0.6) is 0 Å². The van der Waals surface area contributed by atoms with E-state index < -0.39 is 6.29 Å². The molecule has 0 spiro atoms. The van der Waals surface area contributed by atoms with Crippen LogP contribution in [-0.2, 0) is 14.3 Å². The van der Waals surface area contributed by atoms with Gasteiger partial charge in [0.15, 0.2) is 6.29 Å². The van der Waals surface area contributed by atoms with Gasteiger partial charge in [-0.05, 0) is 30.9 Å². The first-order valence-electron chi connectivity index (χ1n) is 7.78. The molecule has 0 N–H and O–H groups in total. The van der Waals surface area contributed by atoms with Crippen molar-refractivity contribution >= 4 is 6.29 Å². The summed E-state index contributed by atoms with van der Waals surface area (Å²) in [5.41, 5.74) is 0.663. The van der Waals surface area contributed by atoms with E-state index >= 15 is 0 Å². The zero-order valence-electron chi connectivity index (χ0n) is 13.1. The van der Waals surface area contributed by atoms with E-state index in [0.717, 1.165) is 44.8 Å². The molecule has 0 radical (unpaired) electrons. The van der Waals surface area contributed by atoms with Crippen molar-refractivity contribution in [1.82, 2.24) is 0 Å². The summed E-state index contributed by atoms with van der Waals surface area (Å²) in [6, 6.07) is 0. The molecule has 0 aliphatic carbocycles. The van der Waals surface area contributed by atoms with E-state index in [0.29, 0.717) is 25.2 Å². The van der Waals surface area contributed by atoms with Gasteiger partial charge in [-0.2, -0.15) is 0 Å². The molecule has 0 saturated carbocycles. The third-order valence-electron chi connectivity index (χ3n) is 2.94. The topological polar surface area (TPSA) is 35.5 Å². The highest BCUT2D eigenvalue weighted by Gasteiger charge is 2.07. The zero-order chi connectivity index (χ0) is 15.1. The Morgan fingerprint density at radius 3 is 2.00 bits per heavy atom. The van der Waals surface area contributed by atoms with Crippen LogP contribution < -0.4 is 0 Å². The van der Waals surface area contributed by atoms with E-state index in [1.165, 1.54) is 0 Å². The Hall–Kier alpha value is -0.930. The summed E-state index contributed by atoms with van der Waals surface area (Å²) in [5, 5.41) is 0. The summed E-state index contributed by atoms with van der Waals surface area (Å²) in [4.78, 5) is 11.0. The summed E-state index contributed by atoms with van der Waals surface area (Å²) in [5.74, 6) is 0. The van der Waals surface area contributed by atoms with Crippen LogP contribution >= 0.6 is 0 Å². The van der Waals surface area contributed by atoms with E-state index in [4.69, 9.17) is 9.47 Å². The van der Waals surface area contributed by atoms with E-state index in [9.17, 15) is 4.79 Å². The largest absolute Gasteiger partial charge is 0.349 e. The molecule has 0 saturated heterocycles. The number of hydrogen-bond acceptors (Lipinski definition) is 3. The van der Waals surface area contributed by atoms with Crippen LogP contribution in [0.2, 0.25) is 0 Å². The Bertz CT molecular complexity index is 259. The predicted molar refractivity (Wildman–Crippen MR) is 83.7 cm³/mol. The van der Waals surface area contributed by atoms with Gasteiger partial charge in [-0.25, -0.2) is 0 Å². The molecular weight excluding hydrogens is 252 g/mol. The molecule has 20 heavy (non-hydrogen) atoms. The molecule has 0 atom stereocenters. The van der Waals surface area contributed by atoms with E-state index in [1.54, 1.807) is 12.2 Å². The fourth-order valence-electron chi connectivity index (χ4n) is 1.74. The maximum atomic E-state index is 11.0. The number of hydrogen-bond donors (Lipinski definition) is 0. The summed E-state index contributed by atoms with van der Waals surface area (Å²) < 4.78 is 11.4. The highest BCUT2D eigenvalue weighted by Crippen LogP contribution is 2.08. The van der Waals surface area contributed by atoms with Crippen molar-refractivity contribution in [3.05, 3.63) is 24.3 Å². The molecule has 0 aromatic rings. The Morgan fingerprint density at radius 1 is 1.05 bits per heavy atom. The Morgan fingerprint density at radius 2 is 1.60 bits per heavy atom. The van der Waals surface area contributed by atoms with E-state index in [-0.39, 0.29) is 0 Å². The first kappa shape index (κ1) is 19.1. The minimum Gasteiger partial charge on any atom is -0.349 e. The lowest BCUT2D eigenvalue weighted by atomic mass is 10.2. The minimum atomic E-state index is -0.413. The average Bonchev–Trinajstić information content (AvgIpc) is 2.46. The van der Waals surface area contributed by atoms with Crippen molar-refractivity contribution < 1.29 is 14.3 Å². The molecule has 0 aliphatic rings. The van der Waals surface area contributed by atoms with E-state index in [2.05, 4.69) is 20.4 Å². The smallest absolute Gasteiger partial charge is 0.177 e. The van der Waals surface area contributed by atoms with Gasteiger partial charge in [-0.3, -0.25) is 4.79 Å². The van der Waals surface area contributed by atoms with Crippen LogP contribution in [0.1, 0.15) is 58.8 Å². The molecule has 0 fully saturated rings. The van der Waals surface area contributed by atoms with Gasteiger partial charge in [0, 0.05) is 0 Å². The lowest BCUT2D eigenvalue weighted by Gasteiger charge is -2.16. The Kier molecular flexibility index (Phi) is 13.8. The molecule has 0 amide bonds. The van der Waals surface area contributed by atoms with Crippen molar-refractivity contribution in [2.24, 2.45) is 0 Å². The fourth-order valence-corrected chi connectivity index (χ4v) is 1.74. The van der Waals surface area contributed by atoms with Crippen molar-refractivity contribution in [1.29, 1.82) is 0 Å². The number of carbonyl (C=O) groups excluding carboxylic acids is 1. The molecule has 0 aromatic carbocycles. The van der Waals surface area contributed by atoms with Gasteiger partial charge in [-0.1, -0.05) is 45.6 Å². The third-order valence-corrected chi connectivity index (χ3v) is 2.94. The first-order chi connectivity index (χ1) is 9.78. The monoisotopic (exact) mass is 282 g/mol. The molecule has 0 rings (SSSR count). The van der Waals surface area contributed by atoms with Gasteiger partial charge >= 0.3 is 0 Å². The summed E-state index contributed by atoms with van der Waals surface area (Å²) in [6.45, 7) is 9.31. The second kappa shape index (κ2) is 14.5. The third kappa shape index (κ3) is 10.9. The van der Waals surface area contributed by atoms with Crippen molar-refractivity contribution in [2.75, 3.05) is 13.2 Å². The lowest BCUT2D eigenvalue weighted by Crippen LogP contribution is -2.17. The Balaban J connectivity index is 4.27. The van der Waals surface area contributed by atoms with Crippen LogP contribution in [0.25, 0.3) is 0 Å². The molecule has 0 unspecified atom stereocenters. The number of allylic oxidation sites excluding steroid dienone is 2. The molecule has 0 bridgehead atoms. The van der Waals surface area contributed by atoms with Crippen molar-refractivity contribution in [3.63, 3.8) is 0 Å². The van der Waals surface area contributed by atoms with E-state index in [1.807, 2.05) is 0 Å². The van der Waals surface area contributed by atoms with Crippen LogP contribution in [-0.4, -0.2) is 25.8 Å². The SMILES string of the molecule is C=CC/C(C=O)=C\C(OCCCCC)OCCCCC. The van der Waals surface area contributed by atoms with Crippen LogP contribution in [0, 0.1) is 0 Å². The quantitative estimate of drug-likeness (QED) is 0.155. The van der Waals surface area contributed by atoms with Gasteiger partial charge in [0.25, 0.3) is 0 Å². The van der Waals surface area contributed by atoms with Gasteiger partial charge in [0.2, 0.25) is 0 Å². The number of ether oxygens (including phenoxy) is 2. The summed E-state index contributed by atoms with van der Waals surface area (Å²) >= 11 is 0. The van der Waals surface area contributed by atoms with Crippen molar-refractivity contribution in [2.45, 2.75) is 65.1 Å². The van der Waals surface area contributed by atoms with Gasteiger partial charge in [0.05, 0.1) is 13.2 Å². The number of rotatable bonds is 14. The summed E-state index contributed by atoms with van der Waals surface area (Å²) in [6.07, 6.45) is 11.2. The highest BCUT2D eigenvalue weighted by atomic mass is 16.7. The molecule has 0 aliphatic heterocycles. The first-order valence-corrected chi connectivity index (χ1v) is 7.78. The van der Waals surface area contributed by atoms with Crippen LogP contribution in [0.4, 0.5) is 0 Å². The molecule has 0 heterocycles. The standard InChI is InChI=1S/C17H30O3/c1-4-7-9-12-19-17(20-13-10-8-5-2)14-16(15-18)11-6-3/h6,14-15,17H,3-5,7-13H2,1-2H3/b16-14+. The molecule has 3 heteroatoms. The summed E-state index contributed by atoms with van der Waals surface area (Å²) in [7, 11) is 0. The van der Waals surface area contributed by atoms with Crippen LogP contribution in [0.15, 0.2) is 24.3 Å². The van der Waals surface area contributed by atoms with Gasteiger partial charge < -0.3 is 9.47 Å². The van der Waals surface area contributed by atoms with Gasteiger partial charge in [0.1, 0.15) is 6.29 Å². The Labute approximate surface area is 124 Å². The number of aldehydes is 1. The normalized spacial score (nSPS) is 11.8. The number of carbonyl (C=O) groups is 1. The maximum absolute atomic E-state index is 11.0. The zero-order valence-corrected chi connectivity index (χ0v) is 13.1. The fraction of sp³-hybridized carbons (Fsp3) is 0.706. The van der Waals surface area contributed by atoms with Crippen LogP contribution in [0.3, 0.4) is 0 Å². The molecular formula is C17H30O3. The molecule has 116 valence electrons. The molecule has 3 nitrogen and oxygen atoms in total. The highest BCUT2D eigenvalue weighted by molar-refractivity contribution is 5.73. The predicted octanol–water partition coefficient (Wildman–Crippen LogP) is 4.43. The number of unbranched alkanes of at least 4 members (excludes halogenated alkanes) is 4. The average molecular weight is 282 g/mol. The van der Waals surface area contributed by atoms with Gasteiger partial charge in [-0.15, -0.1) is 6.58 Å². The lowest BCUT2D eigenvalue weighted by molar-refractivity contribution is -0.115. The van der Waals surface area contributed by atoms with Crippen molar-refractivity contribution in [3.8, 4) is 0 Å². The molecule has 0 aromatic heterocycles.